The maximum atomic E-state index is 9.11. The normalized spacial score (nSPS) is 13.3. The molecule has 0 N–H and O–H groups in total. The van der Waals surface area contributed by atoms with Crippen molar-refractivity contribution in [1.82, 2.24) is 0 Å². The lowest BCUT2D eigenvalue weighted by atomic mass is 9.74. The van der Waals surface area contributed by atoms with Crippen LogP contribution in [-0.4, -0.2) is 0 Å². The summed E-state index contributed by atoms with van der Waals surface area (Å²) in [7, 11) is 0. The average molecular weight is 187 g/mol. The van der Waals surface area contributed by atoms with Crippen LogP contribution >= 0.6 is 0 Å². The summed E-state index contributed by atoms with van der Waals surface area (Å²) >= 11 is 0. The van der Waals surface area contributed by atoms with Gasteiger partial charge in [-0.3, -0.25) is 0 Å². The van der Waals surface area contributed by atoms with Crippen LogP contribution in [0.3, 0.4) is 0 Å². The lowest BCUT2D eigenvalue weighted by molar-refractivity contribution is 0.375. The second-order valence-corrected chi connectivity index (χ2v) is 4.21. The Bertz CT molecular complexity index is 319. The molecule has 0 amide bonds. The molecule has 1 nitrogen and oxygen atoms in total. The largest absolute Gasteiger partial charge is 0.198 e. The predicted octanol–water partition coefficient (Wildman–Crippen LogP) is 3.73. The summed E-state index contributed by atoms with van der Waals surface area (Å²) in [5.41, 5.74) is 0.984. The first kappa shape index (κ1) is 10.8. The predicted molar refractivity (Wildman–Crippen MR) is 58.9 cm³/mol. The van der Waals surface area contributed by atoms with E-state index in [1.54, 1.807) is 0 Å². The van der Waals surface area contributed by atoms with Gasteiger partial charge in [0, 0.05) is 5.92 Å². The Morgan fingerprint density at radius 2 is 1.86 bits per heavy atom. The summed E-state index contributed by atoms with van der Waals surface area (Å²) in [5, 5.41) is 9.11. The van der Waals surface area contributed by atoms with Crippen LogP contribution in [0.15, 0.2) is 30.3 Å². The van der Waals surface area contributed by atoms with E-state index in [9.17, 15) is 0 Å². The maximum absolute atomic E-state index is 9.11. The van der Waals surface area contributed by atoms with E-state index in [0.29, 0.717) is 5.92 Å². The summed E-state index contributed by atoms with van der Waals surface area (Å²) in [6.07, 6.45) is 1.00. The van der Waals surface area contributed by atoms with Crippen LogP contribution in [0.4, 0.5) is 0 Å². The fourth-order valence-electron chi connectivity index (χ4n) is 1.93. The van der Waals surface area contributed by atoms with Crippen LogP contribution < -0.4 is 0 Å². The van der Waals surface area contributed by atoms with E-state index in [-0.39, 0.29) is 5.41 Å². The first-order valence-corrected chi connectivity index (χ1v) is 5.08. The zero-order chi connectivity index (χ0) is 10.6. The molecule has 0 radical (unpaired) electrons. The molecule has 1 unspecified atom stereocenters. The highest BCUT2D eigenvalue weighted by Gasteiger charge is 2.28. The van der Waals surface area contributed by atoms with Gasteiger partial charge in [-0.25, -0.2) is 0 Å². The molecule has 1 rings (SSSR count). The van der Waals surface area contributed by atoms with E-state index in [1.807, 2.05) is 32.0 Å². The van der Waals surface area contributed by atoms with E-state index < -0.39 is 0 Å². The fraction of sp³-hybridized carbons (Fsp3) is 0.462. The van der Waals surface area contributed by atoms with Gasteiger partial charge in [-0.1, -0.05) is 37.3 Å². The second-order valence-electron chi connectivity index (χ2n) is 4.21. The van der Waals surface area contributed by atoms with Crippen LogP contribution in [0, 0.1) is 16.7 Å². The first-order chi connectivity index (χ1) is 6.61. The fourth-order valence-corrected chi connectivity index (χ4v) is 1.93. The Balaban J connectivity index is 3.01. The standard InChI is InChI=1S/C13H17N/c1-4-12(13(2,3)10-14)11-8-6-5-7-9-11/h5-9,12H,4H2,1-3H3. The van der Waals surface area contributed by atoms with Crippen molar-refractivity contribution in [2.45, 2.75) is 33.1 Å². The van der Waals surface area contributed by atoms with E-state index in [0.717, 1.165) is 6.42 Å². The Hall–Kier alpha value is -1.29. The lowest BCUT2D eigenvalue weighted by Gasteiger charge is -2.27. The number of hydrogen-bond acceptors (Lipinski definition) is 1. The summed E-state index contributed by atoms with van der Waals surface area (Å²) in [6.45, 7) is 6.15. The summed E-state index contributed by atoms with van der Waals surface area (Å²) in [4.78, 5) is 0. The first-order valence-electron chi connectivity index (χ1n) is 5.08. The number of benzene rings is 1. The number of nitrogens with zero attached hydrogens (tertiary/aromatic N) is 1. The molecule has 1 atom stereocenters. The molecule has 0 heterocycles. The SMILES string of the molecule is CCC(c1ccccc1)C(C)(C)C#N. The van der Waals surface area contributed by atoms with Gasteiger partial charge in [0.15, 0.2) is 0 Å². The van der Waals surface area contributed by atoms with Gasteiger partial charge in [0.1, 0.15) is 0 Å². The number of rotatable bonds is 3. The molecule has 0 saturated carbocycles. The van der Waals surface area contributed by atoms with Crippen LogP contribution in [0.5, 0.6) is 0 Å². The molecule has 0 aromatic heterocycles. The van der Waals surface area contributed by atoms with Crippen molar-refractivity contribution < 1.29 is 0 Å². The van der Waals surface area contributed by atoms with Crippen molar-refractivity contribution in [3.8, 4) is 6.07 Å². The lowest BCUT2D eigenvalue weighted by Crippen LogP contribution is -2.19. The second kappa shape index (κ2) is 4.28. The molecule has 0 spiro atoms. The van der Waals surface area contributed by atoms with Crippen LogP contribution in [-0.2, 0) is 0 Å². The molecule has 0 aliphatic carbocycles. The van der Waals surface area contributed by atoms with Crippen LogP contribution in [0.2, 0.25) is 0 Å². The smallest absolute Gasteiger partial charge is 0.0690 e. The molecule has 14 heavy (non-hydrogen) atoms. The zero-order valence-electron chi connectivity index (χ0n) is 9.12. The summed E-state index contributed by atoms with van der Waals surface area (Å²) in [5.74, 6) is 0.327. The van der Waals surface area contributed by atoms with E-state index in [1.165, 1.54) is 5.56 Å². The highest BCUT2D eigenvalue weighted by Crippen LogP contribution is 2.37. The molecular weight excluding hydrogens is 170 g/mol. The molecule has 1 aromatic rings. The molecule has 0 saturated heterocycles. The van der Waals surface area contributed by atoms with Gasteiger partial charge in [0.25, 0.3) is 0 Å². The molecule has 74 valence electrons. The molecule has 0 bridgehead atoms. The highest BCUT2D eigenvalue weighted by molar-refractivity contribution is 5.24. The number of nitriles is 1. The van der Waals surface area contributed by atoms with Crippen LogP contribution in [0.1, 0.15) is 38.7 Å². The third kappa shape index (κ3) is 2.14. The van der Waals surface area contributed by atoms with E-state index in [4.69, 9.17) is 5.26 Å². The zero-order valence-corrected chi connectivity index (χ0v) is 9.12. The third-order valence-corrected chi connectivity index (χ3v) is 2.77. The molecule has 1 heteroatoms. The van der Waals surface area contributed by atoms with Crippen molar-refractivity contribution in [3.05, 3.63) is 35.9 Å². The third-order valence-electron chi connectivity index (χ3n) is 2.77. The van der Waals surface area contributed by atoms with E-state index >= 15 is 0 Å². The Labute approximate surface area is 86.4 Å². The number of hydrogen-bond donors (Lipinski definition) is 0. The topological polar surface area (TPSA) is 23.8 Å². The average Bonchev–Trinajstić information content (AvgIpc) is 2.20. The minimum atomic E-state index is -0.282. The molecule has 0 aliphatic rings. The van der Waals surface area contributed by atoms with E-state index in [2.05, 4.69) is 25.1 Å². The highest BCUT2D eigenvalue weighted by atomic mass is 14.4. The Morgan fingerprint density at radius 3 is 2.29 bits per heavy atom. The summed E-state index contributed by atoms with van der Waals surface area (Å²) in [6, 6.07) is 12.7. The molecular formula is C13H17N. The van der Waals surface area contributed by atoms with Gasteiger partial charge in [-0.05, 0) is 25.8 Å². The summed E-state index contributed by atoms with van der Waals surface area (Å²) < 4.78 is 0. The van der Waals surface area contributed by atoms with Crippen molar-refractivity contribution in [2.75, 3.05) is 0 Å². The van der Waals surface area contributed by atoms with Crippen molar-refractivity contribution in [3.63, 3.8) is 0 Å². The van der Waals surface area contributed by atoms with Gasteiger partial charge in [0.05, 0.1) is 11.5 Å². The van der Waals surface area contributed by atoms with Gasteiger partial charge in [-0.15, -0.1) is 0 Å². The van der Waals surface area contributed by atoms with Gasteiger partial charge >= 0.3 is 0 Å². The van der Waals surface area contributed by atoms with Gasteiger partial charge in [-0.2, -0.15) is 5.26 Å². The van der Waals surface area contributed by atoms with Gasteiger partial charge < -0.3 is 0 Å². The molecule has 0 fully saturated rings. The van der Waals surface area contributed by atoms with Crippen LogP contribution in [0.25, 0.3) is 0 Å². The Kier molecular flexibility index (Phi) is 3.30. The van der Waals surface area contributed by atoms with Crippen molar-refractivity contribution >= 4 is 0 Å². The van der Waals surface area contributed by atoms with Crippen molar-refractivity contribution in [2.24, 2.45) is 5.41 Å². The molecule has 0 aliphatic heterocycles. The Morgan fingerprint density at radius 1 is 1.29 bits per heavy atom. The van der Waals surface area contributed by atoms with Crippen molar-refractivity contribution in [1.29, 1.82) is 5.26 Å². The monoisotopic (exact) mass is 187 g/mol. The molecule has 1 aromatic carbocycles. The maximum Gasteiger partial charge on any atom is 0.0690 e. The quantitative estimate of drug-likeness (QED) is 0.707. The van der Waals surface area contributed by atoms with Gasteiger partial charge in [0.2, 0.25) is 0 Å². The minimum Gasteiger partial charge on any atom is -0.198 e. The minimum absolute atomic E-state index is 0.282.